The molecule has 4 rings (SSSR count). The molecule has 0 radical (unpaired) electrons. The van der Waals surface area contributed by atoms with Crippen LogP contribution in [0.5, 0.6) is 5.75 Å². The Kier molecular flexibility index (Phi) is 8.97. The van der Waals surface area contributed by atoms with Gasteiger partial charge in [-0.3, -0.25) is 4.79 Å². The Labute approximate surface area is 242 Å². The number of amides is 2. The lowest BCUT2D eigenvalue weighted by Crippen LogP contribution is -2.54. The van der Waals surface area contributed by atoms with Crippen molar-refractivity contribution in [1.29, 1.82) is 0 Å². The van der Waals surface area contributed by atoms with Crippen molar-refractivity contribution in [2.24, 2.45) is 11.3 Å². The zero-order valence-electron chi connectivity index (χ0n) is 25.1. The molecule has 41 heavy (non-hydrogen) atoms. The van der Waals surface area contributed by atoms with Gasteiger partial charge in [0, 0.05) is 19.1 Å². The number of esters is 1. The number of rotatable bonds is 4. The number of allylic oxidation sites excluding steroid dienone is 1. The minimum absolute atomic E-state index is 0.116. The first kappa shape index (κ1) is 30.4. The van der Waals surface area contributed by atoms with Crippen LogP contribution >= 0.6 is 0 Å². The summed E-state index contributed by atoms with van der Waals surface area (Å²) in [6.07, 6.45) is 5.11. The number of nitrogens with one attached hydrogen (secondary N) is 1. The zero-order valence-corrected chi connectivity index (χ0v) is 25.1. The van der Waals surface area contributed by atoms with Gasteiger partial charge in [0.1, 0.15) is 23.4 Å². The average molecular weight is 567 g/mol. The Balaban J connectivity index is 1.85. The standard InChI is InChI=1S/C32H42N2O7/c1-20(2)27-28(35)34-19-32(40-7,18-25(34)29(36)39-6)24-11-10-21-17-26(38-5)22(15-23(21)16-24)9-8-12-31(3,4)13-14-41-30(37)33-27/h8-11,15-17,20,25,27H,12-14,18-19H2,1-7H3,(H,33,37)/t25-,27-,32-/m0/s1. The number of ether oxygens (including phenoxy) is 4. The molecule has 3 atom stereocenters. The van der Waals surface area contributed by atoms with Crippen LogP contribution in [-0.2, 0) is 29.4 Å². The Morgan fingerprint density at radius 3 is 2.51 bits per heavy atom. The predicted molar refractivity (Wildman–Crippen MR) is 156 cm³/mol. The number of carbonyl (C=O) groups is 3. The maximum Gasteiger partial charge on any atom is 0.407 e. The van der Waals surface area contributed by atoms with E-state index in [1.54, 1.807) is 14.2 Å². The molecule has 1 saturated heterocycles. The van der Waals surface area contributed by atoms with Crippen LogP contribution in [0, 0.1) is 11.3 Å². The summed E-state index contributed by atoms with van der Waals surface area (Å²) in [5.41, 5.74) is 0.675. The maximum atomic E-state index is 14.0. The Morgan fingerprint density at radius 1 is 1.10 bits per heavy atom. The van der Waals surface area contributed by atoms with Gasteiger partial charge in [-0.15, -0.1) is 0 Å². The van der Waals surface area contributed by atoms with E-state index in [1.807, 2.05) is 38.1 Å². The van der Waals surface area contributed by atoms with E-state index in [0.717, 1.165) is 34.1 Å². The van der Waals surface area contributed by atoms with Crippen LogP contribution in [0.25, 0.3) is 16.8 Å². The summed E-state index contributed by atoms with van der Waals surface area (Å²) >= 11 is 0. The monoisotopic (exact) mass is 566 g/mol. The second-order valence-electron chi connectivity index (χ2n) is 12.1. The van der Waals surface area contributed by atoms with E-state index in [9.17, 15) is 14.4 Å². The van der Waals surface area contributed by atoms with Gasteiger partial charge in [0.15, 0.2) is 0 Å². The highest BCUT2D eigenvalue weighted by atomic mass is 16.5. The van der Waals surface area contributed by atoms with E-state index in [2.05, 4.69) is 37.4 Å². The SMILES string of the molecule is COC(=O)[C@@H]1C[C@]2(OC)CN1C(=O)[C@H](C(C)C)NC(=O)OCCC(C)(C)CC=Cc1cc3cc2ccc3cc1OC. The Bertz CT molecular complexity index is 1330. The fraction of sp³-hybridized carbons (Fsp3) is 0.531. The average Bonchev–Trinajstić information content (AvgIpc) is 3.35. The molecule has 0 spiro atoms. The number of cyclic esters (lactones) is 1. The summed E-state index contributed by atoms with van der Waals surface area (Å²) in [4.78, 5) is 41.2. The van der Waals surface area contributed by atoms with Gasteiger partial charge >= 0.3 is 12.1 Å². The minimum Gasteiger partial charge on any atom is -0.496 e. The van der Waals surface area contributed by atoms with E-state index >= 15 is 0 Å². The van der Waals surface area contributed by atoms with Crippen molar-refractivity contribution in [1.82, 2.24) is 10.2 Å². The van der Waals surface area contributed by atoms with Gasteiger partial charge < -0.3 is 29.2 Å². The van der Waals surface area contributed by atoms with E-state index in [4.69, 9.17) is 18.9 Å². The second kappa shape index (κ2) is 12.1. The molecule has 222 valence electrons. The summed E-state index contributed by atoms with van der Waals surface area (Å²) in [5, 5.41) is 4.73. The van der Waals surface area contributed by atoms with Gasteiger partial charge in [-0.05, 0) is 58.7 Å². The molecule has 2 heterocycles. The number of hydrogen-bond acceptors (Lipinski definition) is 7. The minimum atomic E-state index is -0.965. The lowest BCUT2D eigenvalue weighted by Gasteiger charge is -2.31. The molecule has 2 aliphatic heterocycles. The molecule has 0 unspecified atom stereocenters. The van der Waals surface area contributed by atoms with Crippen molar-refractivity contribution >= 4 is 34.8 Å². The van der Waals surface area contributed by atoms with Crippen LogP contribution in [0.3, 0.4) is 0 Å². The normalized spacial score (nSPS) is 25.0. The number of nitrogens with zero attached hydrogens (tertiary/aromatic N) is 1. The van der Waals surface area contributed by atoms with Crippen LogP contribution in [0.2, 0.25) is 0 Å². The number of fused-ring (bicyclic) bond motifs is 5. The topological polar surface area (TPSA) is 103 Å². The van der Waals surface area contributed by atoms with E-state index in [-0.39, 0.29) is 36.8 Å². The summed E-state index contributed by atoms with van der Waals surface area (Å²) < 4.78 is 22.4. The molecule has 2 aromatic carbocycles. The molecule has 2 aromatic rings. The highest BCUT2D eigenvalue weighted by Crippen LogP contribution is 2.41. The van der Waals surface area contributed by atoms with Gasteiger partial charge in [-0.25, -0.2) is 9.59 Å². The quantitative estimate of drug-likeness (QED) is 0.517. The first-order valence-corrected chi connectivity index (χ1v) is 14.1. The second-order valence-corrected chi connectivity index (χ2v) is 12.1. The van der Waals surface area contributed by atoms with Gasteiger partial charge in [-0.1, -0.05) is 52.0 Å². The zero-order chi connectivity index (χ0) is 29.9. The molecule has 1 fully saturated rings. The number of hydrogen-bond donors (Lipinski definition) is 1. The molecule has 0 aromatic heterocycles. The first-order chi connectivity index (χ1) is 19.4. The molecule has 1 N–H and O–H groups in total. The molecule has 2 aliphatic rings. The smallest absolute Gasteiger partial charge is 0.407 e. The summed E-state index contributed by atoms with van der Waals surface area (Å²) in [6, 6.07) is 8.31. The Hall–Kier alpha value is -3.59. The number of carbonyl (C=O) groups excluding carboxylic acids is 3. The first-order valence-electron chi connectivity index (χ1n) is 14.1. The van der Waals surface area contributed by atoms with Crippen LogP contribution in [0.1, 0.15) is 58.1 Å². The van der Waals surface area contributed by atoms with Crippen molar-refractivity contribution in [3.05, 3.63) is 47.5 Å². The van der Waals surface area contributed by atoms with Crippen molar-refractivity contribution in [2.45, 2.75) is 64.6 Å². The van der Waals surface area contributed by atoms with Crippen molar-refractivity contribution in [3.8, 4) is 5.75 Å². The summed E-state index contributed by atoms with van der Waals surface area (Å²) in [7, 11) is 4.54. The largest absolute Gasteiger partial charge is 0.496 e. The van der Waals surface area contributed by atoms with Gasteiger partial charge in [0.25, 0.3) is 0 Å². The molecule has 0 saturated carbocycles. The Morgan fingerprint density at radius 2 is 1.85 bits per heavy atom. The number of benzene rings is 2. The molecule has 9 heteroatoms. The van der Waals surface area contributed by atoms with Gasteiger partial charge in [0.05, 0.1) is 27.4 Å². The van der Waals surface area contributed by atoms with Crippen molar-refractivity contribution < 1.29 is 33.3 Å². The molecule has 9 nitrogen and oxygen atoms in total. The lowest BCUT2D eigenvalue weighted by atomic mass is 9.85. The van der Waals surface area contributed by atoms with Crippen LogP contribution in [-0.4, -0.2) is 69.4 Å². The lowest BCUT2D eigenvalue weighted by molar-refractivity contribution is -0.151. The maximum absolute atomic E-state index is 14.0. The molecule has 5 bridgehead atoms. The number of methoxy groups -OCH3 is 3. The fourth-order valence-electron chi connectivity index (χ4n) is 5.70. The molecule has 2 amide bonds. The highest BCUT2D eigenvalue weighted by molar-refractivity contribution is 5.91. The van der Waals surface area contributed by atoms with E-state index < -0.39 is 29.7 Å². The predicted octanol–water partition coefficient (Wildman–Crippen LogP) is 5.05. The number of alkyl carbamates (subject to hydrolysis) is 1. The fourth-order valence-corrected chi connectivity index (χ4v) is 5.70. The van der Waals surface area contributed by atoms with E-state index in [0.29, 0.717) is 6.42 Å². The van der Waals surface area contributed by atoms with E-state index in [1.165, 1.54) is 12.0 Å². The van der Waals surface area contributed by atoms with Gasteiger partial charge in [-0.2, -0.15) is 0 Å². The summed E-state index contributed by atoms with van der Waals surface area (Å²) in [5.74, 6) is -0.420. The van der Waals surface area contributed by atoms with Crippen molar-refractivity contribution in [3.63, 3.8) is 0 Å². The third kappa shape index (κ3) is 6.35. The highest BCUT2D eigenvalue weighted by Gasteiger charge is 2.52. The molecular weight excluding hydrogens is 524 g/mol. The van der Waals surface area contributed by atoms with Crippen LogP contribution < -0.4 is 10.1 Å². The van der Waals surface area contributed by atoms with Crippen LogP contribution in [0.4, 0.5) is 4.79 Å². The molecular formula is C32H42N2O7. The van der Waals surface area contributed by atoms with Crippen molar-refractivity contribution in [2.75, 3.05) is 34.5 Å². The van der Waals surface area contributed by atoms with Gasteiger partial charge in [0.2, 0.25) is 5.91 Å². The third-order valence-electron chi connectivity index (χ3n) is 8.37. The summed E-state index contributed by atoms with van der Waals surface area (Å²) in [6.45, 7) is 8.24. The van der Waals surface area contributed by atoms with Crippen LogP contribution in [0.15, 0.2) is 36.4 Å². The molecule has 0 aliphatic carbocycles. The third-order valence-corrected chi connectivity index (χ3v) is 8.37.